The summed E-state index contributed by atoms with van der Waals surface area (Å²) in [6.07, 6.45) is 1.84. The Balaban J connectivity index is 2.41. The molecule has 0 bridgehead atoms. The van der Waals surface area contributed by atoms with E-state index in [1.165, 1.54) is 12.1 Å². The number of hydrogen-bond donors (Lipinski definition) is 3. The Hall–Kier alpha value is -1.49. The number of benzene rings is 1. The topological polar surface area (TPSA) is 81.1 Å². The summed E-state index contributed by atoms with van der Waals surface area (Å²) in [4.78, 5) is 10.5. The summed E-state index contributed by atoms with van der Waals surface area (Å²) >= 11 is 5.64. The molecule has 0 atom stereocenters. The predicted molar refractivity (Wildman–Crippen MR) is 67.4 cm³/mol. The van der Waals surface area contributed by atoms with Crippen LogP contribution in [0.3, 0.4) is 0 Å². The predicted octanol–water partition coefficient (Wildman–Crippen LogP) is 2.13. The van der Waals surface area contributed by atoms with Gasteiger partial charge in [-0.3, -0.25) is 4.79 Å². The molecule has 1 rings (SSSR count). The molecule has 0 aliphatic heterocycles. The van der Waals surface area contributed by atoms with Crippen LogP contribution in [0.2, 0.25) is 5.02 Å². The molecule has 6 heteroatoms. The first kappa shape index (κ1) is 13.6. The van der Waals surface area contributed by atoms with E-state index in [1.807, 2.05) is 0 Å². The van der Waals surface area contributed by atoms with Crippen molar-refractivity contribution >= 4 is 28.9 Å². The van der Waals surface area contributed by atoms with Crippen LogP contribution in [0.1, 0.15) is 19.3 Å². The lowest BCUT2D eigenvalue weighted by molar-refractivity contribution is -0.118. The first-order valence-corrected chi connectivity index (χ1v) is 5.65. The van der Waals surface area contributed by atoms with Crippen LogP contribution < -0.4 is 16.8 Å². The summed E-state index contributed by atoms with van der Waals surface area (Å²) in [6.45, 7) is 0.624. The van der Waals surface area contributed by atoms with Crippen LogP contribution in [-0.4, -0.2) is 12.5 Å². The minimum atomic E-state index is -0.538. The molecular weight excluding hydrogens is 245 g/mol. The third-order valence-electron chi connectivity index (χ3n) is 2.26. The van der Waals surface area contributed by atoms with Crippen LogP contribution in [0.5, 0.6) is 0 Å². The van der Waals surface area contributed by atoms with Crippen molar-refractivity contribution in [3.05, 3.63) is 23.0 Å². The summed E-state index contributed by atoms with van der Waals surface area (Å²) in [7, 11) is 0. The highest BCUT2D eigenvalue weighted by molar-refractivity contribution is 6.31. The van der Waals surface area contributed by atoms with Gasteiger partial charge in [0, 0.05) is 19.0 Å². The van der Waals surface area contributed by atoms with Gasteiger partial charge >= 0.3 is 0 Å². The van der Waals surface area contributed by atoms with Crippen molar-refractivity contribution in [2.45, 2.75) is 19.3 Å². The van der Waals surface area contributed by atoms with Gasteiger partial charge in [-0.1, -0.05) is 11.6 Å². The Morgan fingerprint density at radius 3 is 2.76 bits per heavy atom. The fourth-order valence-corrected chi connectivity index (χ4v) is 1.53. The summed E-state index contributed by atoms with van der Waals surface area (Å²) < 4.78 is 13.0. The van der Waals surface area contributed by atoms with Gasteiger partial charge in [-0.05, 0) is 18.9 Å². The van der Waals surface area contributed by atoms with Gasteiger partial charge in [0.15, 0.2) is 0 Å². The summed E-state index contributed by atoms with van der Waals surface area (Å²) in [5.41, 5.74) is 11.5. The normalized spacial score (nSPS) is 10.2. The van der Waals surface area contributed by atoms with Crippen LogP contribution >= 0.6 is 11.6 Å². The number of rotatable bonds is 6. The van der Waals surface area contributed by atoms with Gasteiger partial charge in [-0.2, -0.15) is 0 Å². The van der Waals surface area contributed by atoms with Gasteiger partial charge in [-0.15, -0.1) is 0 Å². The third-order valence-corrected chi connectivity index (χ3v) is 2.55. The zero-order chi connectivity index (χ0) is 12.8. The number of nitrogen functional groups attached to an aromatic ring is 1. The second-order valence-electron chi connectivity index (χ2n) is 3.70. The molecule has 1 aromatic rings. The lowest BCUT2D eigenvalue weighted by Gasteiger charge is -2.09. The highest BCUT2D eigenvalue weighted by Crippen LogP contribution is 2.26. The average Bonchev–Trinajstić information content (AvgIpc) is 2.24. The molecule has 0 unspecified atom stereocenters. The molecule has 4 nitrogen and oxygen atoms in total. The Morgan fingerprint density at radius 1 is 1.41 bits per heavy atom. The van der Waals surface area contributed by atoms with E-state index in [2.05, 4.69) is 5.32 Å². The number of anilines is 2. The van der Waals surface area contributed by atoms with Crippen molar-refractivity contribution in [2.75, 3.05) is 17.6 Å². The number of carbonyl (C=O) groups is 1. The van der Waals surface area contributed by atoms with Crippen molar-refractivity contribution in [3.8, 4) is 0 Å². The quantitative estimate of drug-likeness (QED) is 0.541. The molecule has 0 aliphatic rings. The van der Waals surface area contributed by atoms with Crippen molar-refractivity contribution < 1.29 is 9.18 Å². The van der Waals surface area contributed by atoms with Gasteiger partial charge in [0.25, 0.3) is 0 Å². The molecule has 0 spiro atoms. The Bertz CT molecular complexity index is 412. The number of halogens is 2. The van der Waals surface area contributed by atoms with Crippen LogP contribution in [0, 0.1) is 5.82 Å². The molecule has 1 aromatic carbocycles. The maximum absolute atomic E-state index is 13.0. The molecule has 0 radical (unpaired) electrons. The molecule has 0 heterocycles. The zero-order valence-corrected chi connectivity index (χ0v) is 10.1. The summed E-state index contributed by atoms with van der Waals surface area (Å²) in [6, 6.07) is 2.62. The highest BCUT2D eigenvalue weighted by atomic mass is 35.5. The minimum absolute atomic E-state index is 0.0267. The van der Waals surface area contributed by atoms with Crippen molar-refractivity contribution in [2.24, 2.45) is 5.73 Å². The van der Waals surface area contributed by atoms with E-state index in [4.69, 9.17) is 23.1 Å². The van der Waals surface area contributed by atoms with E-state index in [9.17, 15) is 9.18 Å². The van der Waals surface area contributed by atoms with Gasteiger partial charge in [0.2, 0.25) is 5.91 Å². The second kappa shape index (κ2) is 6.30. The van der Waals surface area contributed by atoms with Crippen molar-refractivity contribution in [1.82, 2.24) is 0 Å². The lowest BCUT2D eigenvalue weighted by atomic mass is 10.2. The van der Waals surface area contributed by atoms with Crippen LogP contribution in [-0.2, 0) is 4.79 Å². The monoisotopic (exact) mass is 259 g/mol. The first-order chi connectivity index (χ1) is 8.00. The molecule has 0 saturated carbocycles. The standard InChI is InChI=1S/C11H15ClFN3O/c12-7-5-10(9(14)6-8(7)13)16-4-2-1-3-11(15)17/h5-6,16H,1-4,14H2,(H2,15,17). The fourth-order valence-electron chi connectivity index (χ4n) is 1.36. The molecule has 94 valence electrons. The maximum atomic E-state index is 13.0. The van der Waals surface area contributed by atoms with Gasteiger partial charge in [0.1, 0.15) is 5.82 Å². The number of amides is 1. The van der Waals surface area contributed by atoms with Crippen LogP contribution in [0.4, 0.5) is 15.8 Å². The van der Waals surface area contributed by atoms with E-state index >= 15 is 0 Å². The van der Waals surface area contributed by atoms with E-state index in [0.29, 0.717) is 30.8 Å². The zero-order valence-electron chi connectivity index (χ0n) is 9.30. The van der Waals surface area contributed by atoms with Crippen LogP contribution in [0.15, 0.2) is 12.1 Å². The van der Waals surface area contributed by atoms with E-state index < -0.39 is 5.82 Å². The number of carbonyl (C=O) groups excluding carboxylic acids is 1. The lowest BCUT2D eigenvalue weighted by Crippen LogP contribution is -2.11. The Kier molecular flexibility index (Phi) is 5.03. The maximum Gasteiger partial charge on any atom is 0.217 e. The fraction of sp³-hybridized carbons (Fsp3) is 0.364. The second-order valence-corrected chi connectivity index (χ2v) is 4.11. The van der Waals surface area contributed by atoms with Gasteiger partial charge < -0.3 is 16.8 Å². The SMILES string of the molecule is NC(=O)CCCCNc1cc(Cl)c(F)cc1N. The largest absolute Gasteiger partial charge is 0.397 e. The molecule has 1 amide bonds. The highest BCUT2D eigenvalue weighted by Gasteiger charge is 2.05. The molecule has 0 aliphatic carbocycles. The molecule has 0 saturated heterocycles. The van der Waals surface area contributed by atoms with Gasteiger partial charge in [-0.25, -0.2) is 4.39 Å². The number of unbranched alkanes of at least 4 members (excludes halogenated alkanes) is 1. The Labute approximate surface area is 104 Å². The number of primary amides is 1. The number of hydrogen-bond acceptors (Lipinski definition) is 3. The smallest absolute Gasteiger partial charge is 0.217 e. The molecule has 0 fully saturated rings. The van der Waals surface area contributed by atoms with Gasteiger partial charge in [0.05, 0.1) is 16.4 Å². The minimum Gasteiger partial charge on any atom is -0.397 e. The van der Waals surface area contributed by atoms with E-state index in [-0.39, 0.29) is 10.9 Å². The number of nitrogens with one attached hydrogen (secondary N) is 1. The van der Waals surface area contributed by atoms with E-state index in [1.54, 1.807) is 0 Å². The number of nitrogens with two attached hydrogens (primary N) is 2. The molecule has 0 aromatic heterocycles. The first-order valence-electron chi connectivity index (χ1n) is 5.27. The van der Waals surface area contributed by atoms with Crippen molar-refractivity contribution in [1.29, 1.82) is 0 Å². The molecule has 5 N–H and O–H groups in total. The third kappa shape index (κ3) is 4.48. The summed E-state index contributed by atoms with van der Waals surface area (Å²) in [5.74, 6) is -0.849. The average molecular weight is 260 g/mol. The Morgan fingerprint density at radius 2 is 2.12 bits per heavy atom. The summed E-state index contributed by atoms with van der Waals surface area (Å²) in [5, 5.41) is 3.05. The molecule has 17 heavy (non-hydrogen) atoms. The molecular formula is C11H15ClFN3O. The van der Waals surface area contributed by atoms with E-state index in [0.717, 1.165) is 6.42 Å². The van der Waals surface area contributed by atoms with Crippen LogP contribution in [0.25, 0.3) is 0 Å². The van der Waals surface area contributed by atoms with Crippen molar-refractivity contribution in [3.63, 3.8) is 0 Å².